The number of amidine groups is 1. The highest BCUT2D eigenvalue weighted by Crippen LogP contribution is 2.22. The van der Waals surface area contributed by atoms with Gasteiger partial charge in [-0.1, -0.05) is 61.5 Å². The molecule has 3 aromatic carbocycles. The highest BCUT2D eigenvalue weighted by atomic mass is 35.5. The lowest BCUT2D eigenvalue weighted by Crippen LogP contribution is -2.37. The summed E-state index contributed by atoms with van der Waals surface area (Å²) in [7, 11) is 0. The second-order valence-electron chi connectivity index (χ2n) is 7.21. The SMILES string of the molecule is C.C[C@H](NC(=O)C(C(=O)Nc1ccc(C(=N)N)cc1)c1ccccc1)c1ccc(Cl)cc1.O=CO. The number of hydrogen-bond donors (Lipinski definition) is 5. The Morgan fingerprint density at radius 2 is 1.49 bits per heavy atom. The molecule has 6 N–H and O–H groups in total. The summed E-state index contributed by atoms with van der Waals surface area (Å²) < 4.78 is 0. The number of nitrogen functional groups attached to an aromatic ring is 1. The maximum Gasteiger partial charge on any atom is 0.290 e. The molecule has 8 nitrogen and oxygen atoms in total. The molecule has 2 amide bonds. The van der Waals surface area contributed by atoms with Crippen LogP contribution < -0.4 is 16.4 Å². The van der Waals surface area contributed by atoms with Gasteiger partial charge in [-0.05, 0) is 54.4 Å². The van der Waals surface area contributed by atoms with Crippen molar-refractivity contribution in [1.82, 2.24) is 5.32 Å². The van der Waals surface area contributed by atoms with E-state index in [4.69, 9.17) is 32.6 Å². The predicted octanol–water partition coefficient (Wildman–Crippen LogP) is 4.56. The second kappa shape index (κ2) is 14.2. The third-order valence-electron chi connectivity index (χ3n) is 4.85. The van der Waals surface area contributed by atoms with Crippen LogP contribution in [-0.4, -0.2) is 29.2 Å². The first-order valence-electron chi connectivity index (χ1n) is 10.2. The Morgan fingerprint density at radius 3 is 2.00 bits per heavy atom. The average molecular weight is 497 g/mol. The van der Waals surface area contributed by atoms with E-state index < -0.39 is 17.7 Å². The Bertz CT molecular complexity index is 1120. The number of rotatable bonds is 7. The second-order valence-corrected chi connectivity index (χ2v) is 7.65. The summed E-state index contributed by atoms with van der Waals surface area (Å²) >= 11 is 5.94. The molecule has 0 bridgehead atoms. The zero-order valence-corrected chi connectivity index (χ0v) is 19.1. The van der Waals surface area contributed by atoms with Gasteiger partial charge in [0, 0.05) is 16.3 Å². The van der Waals surface area contributed by atoms with Crippen LogP contribution in [-0.2, 0) is 14.4 Å². The summed E-state index contributed by atoms with van der Waals surface area (Å²) in [6.45, 7) is 1.60. The number of carbonyl (C=O) groups excluding carboxylic acids is 2. The van der Waals surface area contributed by atoms with Crippen LogP contribution >= 0.6 is 11.6 Å². The maximum absolute atomic E-state index is 13.1. The third kappa shape index (κ3) is 8.60. The van der Waals surface area contributed by atoms with Crippen LogP contribution in [0.3, 0.4) is 0 Å². The maximum atomic E-state index is 13.1. The van der Waals surface area contributed by atoms with Gasteiger partial charge in [0.05, 0.1) is 6.04 Å². The fourth-order valence-corrected chi connectivity index (χ4v) is 3.27. The number of nitrogens with two attached hydrogens (primary N) is 1. The number of halogens is 1. The quantitative estimate of drug-likeness (QED) is 0.141. The first kappa shape index (κ1) is 28.9. The Hall–Kier alpha value is -4.17. The van der Waals surface area contributed by atoms with Crippen LogP contribution in [0.25, 0.3) is 0 Å². The van der Waals surface area contributed by atoms with Gasteiger partial charge in [-0.15, -0.1) is 0 Å². The van der Waals surface area contributed by atoms with Crippen LogP contribution in [0.2, 0.25) is 5.02 Å². The molecule has 3 aromatic rings. The smallest absolute Gasteiger partial charge is 0.290 e. The van der Waals surface area contributed by atoms with Crippen LogP contribution in [0.4, 0.5) is 5.69 Å². The van der Waals surface area contributed by atoms with Crippen LogP contribution in [0, 0.1) is 5.41 Å². The highest BCUT2D eigenvalue weighted by Gasteiger charge is 2.29. The third-order valence-corrected chi connectivity index (χ3v) is 5.10. The minimum atomic E-state index is -1.04. The predicted molar refractivity (Wildman–Crippen MR) is 139 cm³/mol. The van der Waals surface area contributed by atoms with Gasteiger partial charge in [0.2, 0.25) is 11.8 Å². The normalized spacial score (nSPS) is 11.4. The summed E-state index contributed by atoms with van der Waals surface area (Å²) in [5, 5.41) is 20.7. The fourth-order valence-electron chi connectivity index (χ4n) is 3.15. The Balaban J connectivity index is 0.00000145. The van der Waals surface area contributed by atoms with Gasteiger partial charge < -0.3 is 21.5 Å². The van der Waals surface area contributed by atoms with Gasteiger partial charge in [-0.3, -0.25) is 19.8 Å². The minimum Gasteiger partial charge on any atom is -0.483 e. The fraction of sp³-hybridized carbons (Fsp3) is 0.154. The van der Waals surface area contributed by atoms with Crippen molar-refractivity contribution in [2.24, 2.45) is 5.73 Å². The van der Waals surface area contributed by atoms with Crippen molar-refractivity contribution in [3.05, 3.63) is 101 Å². The molecule has 0 aliphatic carbocycles. The minimum absolute atomic E-state index is 0. The van der Waals surface area contributed by atoms with Gasteiger partial charge in [0.25, 0.3) is 6.47 Å². The van der Waals surface area contributed by atoms with Crippen LogP contribution in [0.5, 0.6) is 0 Å². The molecule has 0 spiro atoms. The zero-order valence-electron chi connectivity index (χ0n) is 18.4. The van der Waals surface area contributed by atoms with Gasteiger partial charge in [-0.2, -0.15) is 0 Å². The summed E-state index contributed by atoms with van der Waals surface area (Å²) in [5.74, 6) is -1.96. The standard InChI is InChI=1S/C24H23ClN4O2.CH2O2.CH4/c1-15(16-7-11-19(25)12-8-16)28-23(30)21(17-5-3-2-4-6-17)24(31)29-20-13-9-18(10-14-20)22(26)27;2-1-3;/h2-15,21H,1H3,(H3,26,27)(H,28,30)(H,29,31);1H,(H,2,3);1H4/t15-,21?;;/m0../s1. The largest absolute Gasteiger partial charge is 0.483 e. The van der Waals surface area contributed by atoms with Crippen molar-refractivity contribution in [2.45, 2.75) is 26.3 Å². The van der Waals surface area contributed by atoms with Crippen molar-refractivity contribution in [1.29, 1.82) is 5.41 Å². The van der Waals surface area contributed by atoms with Crippen molar-refractivity contribution < 1.29 is 19.5 Å². The first-order chi connectivity index (χ1) is 16.3. The lowest BCUT2D eigenvalue weighted by atomic mass is 9.96. The zero-order chi connectivity index (χ0) is 25.1. The van der Waals surface area contributed by atoms with Crippen LogP contribution in [0.1, 0.15) is 43.0 Å². The van der Waals surface area contributed by atoms with E-state index in [-0.39, 0.29) is 25.8 Å². The molecule has 35 heavy (non-hydrogen) atoms. The molecular formula is C26H29ClN4O4. The van der Waals surface area contributed by atoms with Crippen molar-refractivity contribution in [2.75, 3.05) is 5.32 Å². The van der Waals surface area contributed by atoms with E-state index in [0.717, 1.165) is 5.56 Å². The number of anilines is 1. The summed E-state index contributed by atoms with van der Waals surface area (Å²) in [6, 6.07) is 22.3. The molecule has 0 fully saturated rings. The summed E-state index contributed by atoms with van der Waals surface area (Å²) in [5.41, 5.74) is 7.99. The number of benzene rings is 3. The summed E-state index contributed by atoms with van der Waals surface area (Å²) in [4.78, 5) is 34.6. The lowest BCUT2D eigenvalue weighted by Gasteiger charge is -2.21. The molecule has 9 heteroatoms. The monoisotopic (exact) mass is 496 g/mol. The lowest BCUT2D eigenvalue weighted by molar-refractivity contribution is -0.129. The van der Waals surface area contributed by atoms with Gasteiger partial charge in [0.15, 0.2) is 0 Å². The van der Waals surface area contributed by atoms with Crippen molar-refractivity contribution in [3.8, 4) is 0 Å². The van der Waals surface area contributed by atoms with E-state index in [1.807, 2.05) is 25.1 Å². The van der Waals surface area contributed by atoms with Crippen molar-refractivity contribution in [3.63, 3.8) is 0 Å². The van der Waals surface area contributed by atoms with E-state index >= 15 is 0 Å². The topological polar surface area (TPSA) is 145 Å². The Kier molecular flexibility index (Phi) is 11.7. The number of nitrogens with one attached hydrogen (secondary N) is 3. The van der Waals surface area contributed by atoms with Crippen LogP contribution in [0.15, 0.2) is 78.9 Å². The summed E-state index contributed by atoms with van der Waals surface area (Å²) in [6.07, 6.45) is 0. The molecule has 0 aliphatic rings. The van der Waals surface area contributed by atoms with Gasteiger partial charge in [0.1, 0.15) is 11.8 Å². The number of carbonyl (C=O) groups is 3. The van der Waals surface area contributed by atoms with E-state index in [1.54, 1.807) is 60.7 Å². The Morgan fingerprint density at radius 1 is 0.943 bits per heavy atom. The first-order valence-corrected chi connectivity index (χ1v) is 10.6. The molecule has 0 saturated carbocycles. The van der Waals surface area contributed by atoms with E-state index in [2.05, 4.69) is 10.6 Å². The molecule has 3 rings (SSSR count). The molecule has 0 heterocycles. The van der Waals surface area contributed by atoms with E-state index in [9.17, 15) is 9.59 Å². The molecule has 2 atom stereocenters. The molecule has 0 aromatic heterocycles. The molecule has 1 unspecified atom stereocenters. The van der Waals surface area contributed by atoms with Gasteiger partial charge in [-0.25, -0.2) is 0 Å². The number of carboxylic acid groups (broad SMARTS) is 1. The highest BCUT2D eigenvalue weighted by molar-refractivity contribution is 6.30. The average Bonchev–Trinajstić information content (AvgIpc) is 2.81. The molecule has 0 aliphatic heterocycles. The molecular weight excluding hydrogens is 468 g/mol. The van der Waals surface area contributed by atoms with E-state index in [1.165, 1.54) is 0 Å². The number of hydrogen-bond acceptors (Lipinski definition) is 4. The molecule has 0 radical (unpaired) electrons. The van der Waals surface area contributed by atoms with Crippen molar-refractivity contribution >= 4 is 41.4 Å². The molecule has 0 saturated heterocycles. The van der Waals surface area contributed by atoms with Gasteiger partial charge >= 0.3 is 0 Å². The van der Waals surface area contributed by atoms with E-state index in [0.29, 0.717) is 21.8 Å². The Labute approximate surface area is 209 Å². The number of amides is 2. The molecule has 184 valence electrons.